The van der Waals surface area contributed by atoms with E-state index in [1.165, 1.54) is 7.11 Å². The van der Waals surface area contributed by atoms with E-state index in [4.69, 9.17) is 9.47 Å². The number of nitrogens with one attached hydrogen (secondary N) is 2. The van der Waals surface area contributed by atoms with E-state index in [0.29, 0.717) is 12.8 Å². The van der Waals surface area contributed by atoms with Crippen LogP contribution in [0.5, 0.6) is 0 Å². The highest BCUT2D eigenvalue weighted by Gasteiger charge is 2.60. The summed E-state index contributed by atoms with van der Waals surface area (Å²) in [6, 6.07) is 27.2. The Bertz CT molecular complexity index is 1200. The molecule has 3 aromatic carbocycles. The Balaban J connectivity index is 1.45. The molecule has 2 N–H and O–H groups in total. The van der Waals surface area contributed by atoms with Crippen LogP contribution in [0.15, 0.2) is 91.0 Å². The van der Waals surface area contributed by atoms with Crippen molar-refractivity contribution in [1.82, 2.24) is 10.6 Å². The van der Waals surface area contributed by atoms with Crippen LogP contribution < -0.4 is 10.6 Å². The van der Waals surface area contributed by atoms with Crippen LogP contribution in [0.25, 0.3) is 0 Å². The summed E-state index contributed by atoms with van der Waals surface area (Å²) in [6.07, 6.45) is 0.326. The first kappa shape index (κ1) is 25.9. The average Bonchev–Trinajstić information content (AvgIpc) is 3.63. The van der Waals surface area contributed by atoms with Crippen molar-refractivity contribution in [3.05, 3.63) is 108 Å². The average molecular weight is 501 g/mol. The second kappa shape index (κ2) is 11.7. The molecule has 0 aliphatic heterocycles. The Morgan fingerprint density at radius 2 is 1.43 bits per heavy atom. The first-order valence-corrected chi connectivity index (χ1v) is 12.4. The van der Waals surface area contributed by atoms with Crippen LogP contribution in [0.4, 0.5) is 4.79 Å². The van der Waals surface area contributed by atoms with Gasteiger partial charge in [-0.1, -0.05) is 97.9 Å². The van der Waals surface area contributed by atoms with Gasteiger partial charge in [0.15, 0.2) is 0 Å². The summed E-state index contributed by atoms with van der Waals surface area (Å²) in [5.41, 5.74) is 1.92. The van der Waals surface area contributed by atoms with Crippen molar-refractivity contribution in [1.29, 1.82) is 0 Å². The van der Waals surface area contributed by atoms with Gasteiger partial charge in [-0.25, -0.2) is 9.59 Å². The SMILES string of the molecule is COC(=O)C(Cc1ccccc1)NC(=O)[C@@]1(C)CC1C(NC(=O)OCc1ccccc1)c1ccccc1. The number of rotatable bonds is 10. The number of carbonyl (C=O) groups excluding carboxylic acids is 3. The molecule has 0 heterocycles. The van der Waals surface area contributed by atoms with Crippen LogP contribution in [0.1, 0.15) is 36.1 Å². The normalized spacial score (nSPS) is 19.7. The van der Waals surface area contributed by atoms with Gasteiger partial charge in [0.25, 0.3) is 0 Å². The molecule has 0 spiro atoms. The lowest BCUT2D eigenvalue weighted by Crippen LogP contribution is -2.46. The Morgan fingerprint density at radius 1 is 0.865 bits per heavy atom. The van der Waals surface area contributed by atoms with Crippen molar-refractivity contribution in [3.63, 3.8) is 0 Å². The van der Waals surface area contributed by atoms with E-state index in [2.05, 4.69) is 10.6 Å². The van der Waals surface area contributed by atoms with E-state index >= 15 is 0 Å². The lowest BCUT2D eigenvalue weighted by molar-refractivity contribution is -0.145. The van der Waals surface area contributed by atoms with Gasteiger partial charge in [-0.3, -0.25) is 4.79 Å². The number of amides is 2. The maximum Gasteiger partial charge on any atom is 0.407 e. The van der Waals surface area contributed by atoms with Gasteiger partial charge in [-0.2, -0.15) is 0 Å². The zero-order valence-corrected chi connectivity index (χ0v) is 21.1. The lowest BCUT2D eigenvalue weighted by atomic mass is 9.94. The molecule has 192 valence electrons. The molecule has 1 saturated carbocycles. The molecule has 0 aromatic heterocycles. The molecular weight excluding hydrogens is 468 g/mol. The lowest BCUT2D eigenvalue weighted by Gasteiger charge is -2.23. The molecule has 1 fully saturated rings. The molecule has 3 unspecified atom stereocenters. The van der Waals surface area contributed by atoms with Gasteiger partial charge < -0.3 is 20.1 Å². The maximum absolute atomic E-state index is 13.4. The highest BCUT2D eigenvalue weighted by molar-refractivity contribution is 5.90. The third kappa shape index (κ3) is 6.55. The summed E-state index contributed by atoms with van der Waals surface area (Å²) in [7, 11) is 1.31. The predicted octanol–water partition coefficient (Wildman–Crippen LogP) is 4.58. The number of hydrogen-bond donors (Lipinski definition) is 2. The van der Waals surface area contributed by atoms with Gasteiger partial charge in [-0.15, -0.1) is 0 Å². The van der Waals surface area contributed by atoms with Crippen LogP contribution >= 0.6 is 0 Å². The van der Waals surface area contributed by atoms with E-state index < -0.39 is 29.6 Å². The zero-order chi connectivity index (χ0) is 26.3. The Hall–Kier alpha value is -4.13. The van der Waals surface area contributed by atoms with Crippen LogP contribution in [0, 0.1) is 11.3 Å². The molecule has 0 saturated heterocycles. The minimum atomic E-state index is -0.808. The summed E-state index contributed by atoms with van der Waals surface area (Å²) < 4.78 is 10.4. The molecular formula is C30H32N2O5. The summed E-state index contributed by atoms with van der Waals surface area (Å²) in [5.74, 6) is -0.918. The number of alkyl carbamates (subject to hydrolysis) is 1. The molecule has 2 amide bonds. The maximum atomic E-state index is 13.4. The van der Waals surface area contributed by atoms with Gasteiger partial charge in [0, 0.05) is 6.42 Å². The number of ether oxygens (including phenoxy) is 2. The van der Waals surface area contributed by atoms with Crippen LogP contribution in [-0.2, 0) is 32.1 Å². The second-order valence-electron chi connectivity index (χ2n) is 9.56. The second-order valence-corrected chi connectivity index (χ2v) is 9.56. The van der Waals surface area contributed by atoms with Crippen LogP contribution in [0.2, 0.25) is 0 Å². The van der Waals surface area contributed by atoms with Crippen molar-refractivity contribution in [2.24, 2.45) is 11.3 Å². The van der Waals surface area contributed by atoms with E-state index in [-0.39, 0.29) is 18.4 Å². The number of methoxy groups -OCH3 is 1. The summed E-state index contributed by atoms with van der Waals surface area (Å²) >= 11 is 0. The van der Waals surface area contributed by atoms with Gasteiger partial charge >= 0.3 is 12.1 Å². The monoisotopic (exact) mass is 500 g/mol. The van der Waals surface area contributed by atoms with E-state index in [9.17, 15) is 14.4 Å². The Morgan fingerprint density at radius 3 is 2.03 bits per heavy atom. The number of hydrogen-bond acceptors (Lipinski definition) is 5. The fourth-order valence-electron chi connectivity index (χ4n) is 4.62. The van der Waals surface area contributed by atoms with Crippen molar-refractivity contribution < 1.29 is 23.9 Å². The third-order valence-corrected chi connectivity index (χ3v) is 6.94. The standard InChI is InChI=1S/C30H32N2O5/c1-30(28(34)31-25(27(33)36-2)18-21-12-6-3-7-13-21)19-24(30)26(23-16-10-5-11-17-23)32-29(35)37-20-22-14-8-4-9-15-22/h3-17,24-26H,18-20H2,1-2H3,(H,31,34)(H,32,35)/t24?,25?,26?,30-/m0/s1. The largest absolute Gasteiger partial charge is 0.467 e. The highest BCUT2D eigenvalue weighted by Crippen LogP contribution is 2.58. The van der Waals surface area contributed by atoms with Gasteiger partial charge in [0.1, 0.15) is 12.6 Å². The van der Waals surface area contributed by atoms with Crippen molar-refractivity contribution >= 4 is 18.0 Å². The van der Waals surface area contributed by atoms with E-state index in [1.807, 2.05) is 97.9 Å². The van der Waals surface area contributed by atoms with Crippen molar-refractivity contribution in [2.45, 2.75) is 38.5 Å². The molecule has 7 nitrogen and oxygen atoms in total. The number of esters is 1. The number of benzene rings is 3. The Labute approximate surface area is 217 Å². The summed E-state index contributed by atoms with van der Waals surface area (Å²) in [4.78, 5) is 38.6. The fraction of sp³-hybridized carbons (Fsp3) is 0.300. The quantitative estimate of drug-likeness (QED) is 0.398. The van der Waals surface area contributed by atoms with Crippen LogP contribution in [0.3, 0.4) is 0 Å². The van der Waals surface area contributed by atoms with Crippen LogP contribution in [-0.4, -0.2) is 31.1 Å². The molecule has 0 radical (unpaired) electrons. The third-order valence-electron chi connectivity index (χ3n) is 6.94. The fourth-order valence-corrected chi connectivity index (χ4v) is 4.62. The Kier molecular flexibility index (Phi) is 8.23. The topological polar surface area (TPSA) is 93.7 Å². The first-order chi connectivity index (χ1) is 17.9. The van der Waals surface area contributed by atoms with Gasteiger partial charge in [-0.05, 0) is 29.0 Å². The number of carbonyl (C=O) groups is 3. The molecule has 1 aliphatic rings. The van der Waals surface area contributed by atoms with Crippen molar-refractivity contribution in [3.8, 4) is 0 Å². The summed E-state index contributed by atoms with van der Waals surface area (Å²) in [5, 5.41) is 5.87. The van der Waals surface area contributed by atoms with Crippen molar-refractivity contribution in [2.75, 3.05) is 7.11 Å². The molecule has 3 aromatic rings. The molecule has 7 heteroatoms. The summed E-state index contributed by atoms with van der Waals surface area (Å²) in [6.45, 7) is 2.01. The minimum absolute atomic E-state index is 0.150. The first-order valence-electron chi connectivity index (χ1n) is 12.4. The molecule has 37 heavy (non-hydrogen) atoms. The van der Waals surface area contributed by atoms with E-state index in [0.717, 1.165) is 16.7 Å². The highest BCUT2D eigenvalue weighted by atomic mass is 16.5. The smallest absolute Gasteiger partial charge is 0.407 e. The predicted molar refractivity (Wildman–Crippen MR) is 139 cm³/mol. The molecule has 1 aliphatic carbocycles. The molecule has 4 atom stereocenters. The zero-order valence-electron chi connectivity index (χ0n) is 21.1. The van der Waals surface area contributed by atoms with Gasteiger partial charge in [0.2, 0.25) is 5.91 Å². The van der Waals surface area contributed by atoms with Gasteiger partial charge in [0.05, 0.1) is 18.6 Å². The van der Waals surface area contributed by atoms with E-state index in [1.54, 1.807) is 0 Å². The molecule has 4 rings (SSSR count). The molecule has 0 bridgehead atoms. The minimum Gasteiger partial charge on any atom is -0.467 e.